The van der Waals surface area contributed by atoms with Crippen LogP contribution in [-0.2, 0) is 14.4 Å². The lowest BCUT2D eigenvalue weighted by molar-refractivity contribution is -0.138. The summed E-state index contributed by atoms with van der Waals surface area (Å²) in [4.78, 5) is 40.3. The maximum absolute atomic E-state index is 12.7. The second-order valence-corrected chi connectivity index (χ2v) is 6.95. The van der Waals surface area contributed by atoms with Crippen molar-refractivity contribution in [3.63, 3.8) is 0 Å². The lowest BCUT2D eigenvalue weighted by atomic mass is 10.1. The average Bonchev–Trinajstić information content (AvgIpc) is 3.06. The van der Waals surface area contributed by atoms with E-state index in [1.807, 2.05) is 49.4 Å². The van der Waals surface area contributed by atoms with Crippen LogP contribution in [0.2, 0.25) is 0 Å². The molecule has 2 aromatic carbocycles. The zero-order chi connectivity index (χ0) is 19.4. The van der Waals surface area contributed by atoms with Gasteiger partial charge in [0.05, 0.1) is 18.2 Å². The molecule has 0 saturated carbocycles. The molecule has 0 aliphatic carbocycles. The van der Waals surface area contributed by atoms with Crippen LogP contribution in [0.25, 0.3) is 10.8 Å². The van der Waals surface area contributed by atoms with Crippen LogP contribution in [-0.4, -0.2) is 49.3 Å². The molecule has 142 valence electrons. The Labute approximate surface area is 159 Å². The van der Waals surface area contributed by atoms with Crippen LogP contribution in [0.3, 0.4) is 0 Å². The summed E-state index contributed by atoms with van der Waals surface area (Å²) in [5, 5.41) is 4.81. The Morgan fingerprint density at radius 2 is 1.93 bits per heavy atom. The highest BCUT2D eigenvalue weighted by molar-refractivity contribution is 6.07. The average molecular weight is 367 g/mol. The van der Waals surface area contributed by atoms with Crippen molar-refractivity contribution in [2.24, 2.45) is 5.92 Å². The van der Waals surface area contributed by atoms with Crippen molar-refractivity contribution in [3.8, 4) is 0 Å². The predicted octanol–water partition coefficient (Wildman–Crippen LogP) is 2.18. The molecule has 0 aromatic heterocycles. The molecule has 3 amide bonds. The van der Waals surface area contributed by atoms with Gasteiger partial charge in [0, 0.05) is 31.9 Å². The molecular formula is C21H25N3O3. The first-order valence-corrected chi connectivity index (χ1v) is 9.31. The number of nitrogens with one attached hydrogen (secondary N) is 1. The highest BCUT2D eigenvalue weighted by atomic mass is 16.2. The zero-order valence-corrected chi connectivity index (χ0v) is 15.8. The number of hydrogen-bond acceptors (Lipinski definition) is 3. The number of anilines is 1. The molecule has 1 atom stereocenters. The fraction of sp³-hybridized carbons (Fsp3) is 0.381. The lowest BCUT2D eigenvalue weighted by Gasteiger charge is -2.22. The van der Waals surface area contributed by atoms with Gasteiger partial charge in [-0.15, -0.1) is 0 Å². The standard InChI is InChI=1S/C21H25N3O3/c1-3-11-22-19(25)14-23(2)21(27)16-12-20(26)24(13-16)18-10-6-8-15-7-4-5-9-17(15)18/h4-10,16H,3,11-14H2,1-2H3,(H,22,25)/t16-/m0/s1. The minimum absolute atomic E-state index is 0.0117. The van der Waals surface area contributed by atoms with E-state index in [4.69, 9.17) is 0 Å². The van der Waals surface area contributed by atoms with E-state index < -0.39 is 5.92 Å². The SMILES string of the molecule is CCCNC(=O)CN(C)C(=O)[C@H]1CC(=O)N(c2cccc3ccccc23)C1. The molecule has 1 saturated heterocycles. The summed E-state index contributed by atoms with van der Waals surface area (Å²) in [6, 6.07) is 13.7. The van der Waals surface area contributed by atoms with Crippen molar-refractivity contribution in [2.45, 2.75) is 19.8 Å². The minimum Gasteiger partial charge on any atom is -0.355 e. The van der Waals surface area contributed by atoms with E-state index in [1.165, 1.54) is 4.90 Å². The number of rotatable bonds is 6. The molecular weight excluding hydrogens is 342 g/mol. The molecule has 27 heavy (non-hydrogen) atoms. The number of fused-ring (bicyclic) bond motifs is 1. The van der Waals surface area contributed by atoms with Gasteiger partial charge >= 0.3 is 0 Å². The Morgan fingerprint density at radius 3 is 2.70 bits per heavy atom. The number of likely N-dealkylation sites (N-methyl/N-ethyl adjacent to an activating group) is 1. The highest BCUT2D eigenvalue weighted by Crippen LogP contribution is 2.32. The van der Waals surface area contributed by atoms with Gasteiger partial charge in [0.2, 0.25) is 17.7 Å². The van der Waals surface area contributed by atoms with Gasteiger partial charge in [-0.05, 0) is 17.9 Å². The van der Waals surface area contributed by atoms with Gasteiger partial charge in [-0.2, -0.15) is 0 Å². The molecule has 1 heterocycles. The van der Waals surface area contributed by atoms with E-state index in [0.29, 0.717) is 13.1 Å². The third-order valence-electron chi connectivity index (χ3n) is 4.86. The smallest absolute Gasteiger partial charge is 0.239 e. The molecule has 1 fully saturated rings. The van der Waals surface area contributed by atoms with Crippen LogP contribution < -0.4 is 10.2 Å². The highest BCUT2D eigenvalue weighted by Gasteiger charge is 2.37. The van der Waals surface area contributed by atoms with Crippen molar-refractivity contribution >= 4 is 34.2 Å². The van der Waals surface area contributed by atoms with Crippen LogP contribution in [0, 0.1) is 5.92 Å². The molecule has 2 aromatic rings. The van der Waals surface area contributed by atoms with Crippen molar-refractivity contribution in [1.82, 2.24) is 10.2 Å². The molecule has 0 radical (unpaired) electrons. The Bertz CT molecular complexity index is 859. The van der Waals surface area contributed by atoms with Gasteiger partial charge in [0.1, 0.15) is 0 Å². The van der Waals surface area contributed by atoms with Gasteiger partial charge < -0.3 is 15.1 Å². The predicted molar refractivity (Wildman–Crippen MR) is 105 cm³/mol. The number of carbonyl (C=O) groups excluding carboxylic acids is 3. The summed E-state index contributed by atoms with van der Waals surface area (Å²) in [5.41, 5.74) is 0.830. The molecule has 6 heteroatoms. The first-order valence-electron chi connectivity index (χ1n) is 9.31. The van der Waals surface area contributed by atoms with Gasteiger partial charge in [-0.3, -0.25) is 14.4 Å². The lowest BCUT2D eigenvalue weighted by Crippen LogP contribution is -2.41. The quantitative estimate of drug-likeness (QED) is 0.851. The van der Waals surface area contributed by atoms with Gasteiger partial charge in [0.15, 0.2) is 0 Å². The largest absolute Gasteiger partial charge is 0.355 e. The first kappa shape index (κ1) is 18.9. The van der Waals surface area contributed by atoms with Crippen molar-refractivity contribution in [3.05, 3.63) is 42.5 Å². The Balaban J connectivity index is 1.71. The molecule has 1 aliphatic heterocycles. The zero-order valence-electron chi connectivity index (χ0n) is 15.8. The summed E-state index contributed by atoms with van der Waals surface area (Å²) in [6.45, 7) is 2.92. The first-order chi connectivity index (χ1) is 13.0. The van der Waals surface area contributed by atoms with Crippen molar-refractivity contribution in [2.75, 3.05) is 31.6 Å². The fourth-order valence-corrected chi connectivity index (χ4v) is 3.47. The summed E-state index contributed by atoms with van der Waals surface area (Å²) >= 11 is 0. The minimum atomic E-state index is -0.430. The van der Waals surface area contributed by atoms with Crippen molar-refractivity contribution in [1.29, 1.82) is 0 Å². The third-order valence-corrected chi connectivity index (χ3v) is 4.86. The molecule has 3 rings (SSSR count). The van der Waals surface area contributed by atoms with E-state index in [-0.39, 0.29) is 30.7 Å². The van der Waals surface area contributed by atoms with Gasteiger partial charge in [-0.25, -0.2) is 0 Å². The van der Waals surface area contributed by atoms with Crippen LogP contribution in [0.4, 0.5) is 5.69 Å². The summed E-state index contributed by atoms with van der Waals surface area (Å²) in [7, 11) is 1.61. The fourth-order valence-electron chi connectivity index (χ4n) is 3.47. The number of hydrogen-bond donors (Lipinski definition) is 1. The Kier molecular flexibility index (Phi) is 5.74. The maximum Gasteiger partial charge on any atom is 0.239 e. The van der Waals surface area contributed by atoms with Crippen LogP contribution in [0.1, 0.15) is 19.8 Å². The normalized spacial score (nSPS) is 16.6. The Morgan fingerprint density at radius 1 is 1.19 bits per heavy atom. The molecule has 0 spiro atoms. The second kappa shape index (κ2) is 8.20. The monoisotopic (exact) mass is 367 g/mol. The van der Waals surface area contributed by atoms with E-state index >= 15 is 0 Å². The summed E-state index contributed by atoms with van der Waals surface area (Å²) in [5.74, 6) is -0.838. The number of amides is 3. The Hall–Kier alpha value is -2.89. The molecule has 0 bridgehead atoms. The maximum atomic E-state index is 12.7. The van der Waals surface area contributed by atoms with E-state index in [9.17, 15) is 14.4 Å². The van der Waals surface area contributed by atoms with Crippen LogP contribution in [0.5, 0.6) is 0 Å². The summed E-state index contributed by atoms with van der Waals surface area (Å²) < 4.78 is 0. The van der Waals surface area contributed by atoms with Crippen LogP contribution in [0.15, 0.2) is 42.5 Å². The number of benzene rings is 2. The topological polar surface area (TPSA) is 69.7 Å². The molecule has 1 aliphatic rings. The van der Waals surface area contributed by atoms with Crippen LogP contribution >= 0.6 is 0 Å². The summed E-state index contributed by atoms with van der Waals surface area (Å²) in [6.07, 6.45) is 1.02. The molecule has 0 unspecified atom stereocenters. The second-order valence-electron chi connectivity index (χ2n) is 6.95. The number of nitrogens with zero attached hydrogens (tertiary/aromatic N) is 2. The van der Waals surface area contributed by atoms with Gasteiger partial charge in [-0.1, -0.05) is 43.3 Å². The van der Waals surface area contributed by atoms with Gasteiger partial charge in [0.25, 0.3) is 0 Å². The van der Waals surface area contributed by atoms with E-state index in [0.717, 1.165) is 22.9 Å². The van der Waals surface area contributed by atoms with E-state index in [2.05, 4.69) is 5.32 Å². The van der Waals surface area contributed by atoms with E-state index in [1.54, 1.807) is 11.9 Å². The number of carbonyl (C=O) groups is 3. The molecule has 1 N–H and O–H groups in total. The third kappa shape index (κ3) is 4.10. The molecule has 6 nitrogen and oxygen atoms in total. The van der Waals surface area contributed by atoms with Crippen molar-refractivity contribution < 1.29 is 14.4 Å².